The molecule has 4 aliphatic heterocycles. The van der Waals surface area contributed by atoms with Crippen LogP contribution in [0.15, 0.2) is 60.7 Å². The zero-order chi connectivity index (χ0) is 30.0. The van der Waals surface area contributed by atoms with Gasteiger partial charge in [0.1, 0.15) is 11.2 Å². The van der Waals surface area contributed by atoms with Crippen LogP contribution in [0.2, 0.25) is 0 Å². The molecule has 2 N–H and O–H groups in total. The molecule has 6 atom stereocenters. The smallest absolute Gasteiger partial charge is 0.410 e. The molecule has 2 saturated carbocycles. The number of rotatable bonds is 4. The average Bonchev–Trinajstić information content (AvgIpc) is 2.89. The van der Waals surface area contributed by atoms with Crippen LogP contribution in [0.4, 0.5) is 9.59 Å². The minimum Gasteiger partial charge on any atom is -0.444 e. The fraction of sp³-hybridized carbons (Fsp3) is 0.588. The van der Waals surface area contributed by atoms with E-state index in [9.17, 15) is 19.8 Å². The maximum absolute atomic E-state index is 14.1. The minimum atomic E-state index is -0.813. The number of piperidine rings is 4. The highest BCUT2D eigenvalue weighted by atomic mass is 16.6. The fourth-order valence-electron chi connectivity index (χ4n) is 10.2. The molecule has 2 aliphatic carbocycles. The highest BCUT2D eigenvalue weighted by molar-refractivity contribution is 5.77. The lowest BCUT2D eigenvalue weighted by Crippen LogP contribution is -3.02. The maximum atomic E-state index is 14.1. The van der Waals surface area contributed by atoms with Crippen LogP contribution in [0, 0.1) is 22.7 Å². The van der Waals surface area contributed by atoms with Gasteiger partial charge in [-0.05, 0) is 52.7 Å². The molecule has 2 amide bonds. The van der Waals surface area contributed by atoms with Crippen LogP contribution in [0.3, 0.4) is 0 Å². The molecular formula is C34H42N2O6. The minimum absolute atomic E-state index is 0.0984. The van der Waals surface area contributed by atoms with E-state index >= 15 is 0 Å². The Hall–Kier alpha value is -3.10. The van der Waals surface area contributed by atoms with Crippen LogP contribution < -0.4 is 0 Å². The Kier molecular flexibility index (Phi) is 5.76. The number of benzene rings is 2. The SMILES string of the molecule is CC(C)(C)OC(=O)N1C2C3C4N(C(=O)OC(C)(C)C)C5C(C1C5(CO)[C@H]3c1ccccc1)[C@@H](c1ccccc1)C24CO. The maximum Gasteiger partial charge on any atom is 0.410 e. The van der Waals surface area contributed by atoms with Crippen LogP contribution in [0.5, 0.6) is 0 Å². The second-order valence-electron chi connectivity index (χ2n) is 15.0. The first-order valence-electron chi connectivity index (χ1n) is 15.2. The van der Waals surface area contributed by atoms with Crippen molar-refractivity contribution in [1.29, 1.82) is 0 Å². The van der Waals surface area contributed by atoms with Gasteiger partial charge in [-0.15, -0.1) is 0 Å². The number of hydrogen-bond acceptors (Lipinski definition) is 6. The third kappa shape index (κ3) is 3.25. The van der Waals surface area contributed by atoms with Crippen molar-refractivity contribution in [3.8, 4) is 0 Å². The quantitative estimate of drug-likeness (QED) is 0.546. The lowest BCUT2D eigenvalue weighted by Gasteiger charge is -2.91. The summed E-state index contributed by atoms with van der Waals surface area (Å²) in [6, 6.07) is 18.8. The molecule has 6 aliphatic rings. The fourth-order valence-corrected chi connectivity index (χ4v) is 10.2. The van der Waals surface area contributed by atoms with Gasteiger partial charge in [0.25, 0.3) is 0 Å². The highest BCUT2D eigenvalue weighted by Crippen LogP contribution is 2.84. The van der Waals surface area contributed by atoms with E-state index < -0.39 is 34.2 Å². The van der Waals surface area contributed by atoms with Crippen molar-refractivity contribution in [2.75, 3.05) is 13.2 Å². The van der Waals surface area contributed by atoms with E-state index in [0.29, 0.717) is 0 Å². The molecule has 8 rings (SSSR count). The van der Waals surface area contributed by atoms with Gasteiger partial charge in [-0.3, -0.25) is 9.80 Å². The van der Waals surface area contributed by atoms with Gasteiger partial charge in [0, 0.05) is 34.5 Å². The topological polar surface area (TPSA) is 99.5 Å². The summed E-state index contributed by atoms with van der Waals surface area (Å²) >= 11 is 0. The monoisotopic (exact) mass is 574 g/mol. The molecule has 4 saturated heterocycles. The summed E-state index contributed by atoms with van der Waals surface area (Å²) in [7, 11) is 0. The number of nitrogens with zero attached hydrogens (tertiary/aromatic N) is 2. The van der Waals surface area contributed by atoms with Crippen molar-refractivity contribution in [2.45, 2.75) is 88.7 Å². The summed E-state index contributed by atoms with van der Waals surface area (Å²) in [4.78, 5) is 32.0. The zero-order valence-corrected chi connectivity index (χ0v) is 25.2. The molecule has 8 nitrogen and oxygen atoms in total. The van der Waals surface area contributed by atoms with Gasteiger partial charge in [0.05, 0.1) is 37.4 Å². The van der Waals surface area contributed by atoms with Crippen LogP contribution >= 0.6 is 0 Å². The number of aliphatic hydroxyl groups excluding tert-OH is 2. The predicted molar refractivity (Wildman–Crippen MR) is 156 cm³/mol. The summed E-state index contributed by atoms with van der Waals surface area (Å²) < 4.78 is 12.0. The van der Waals surface area contributed by atoms with E-state index in [2.05, 4.69) is 24.3 Å². The van der Waals surface area contributed by atoms with Crippen molar-refractivity contribution >= 4 is 12.2 Å². The molecule has 0 radical (unpaired) electrons. The standard InChI is InChI=1S/C34H42N2O6/c1-31(2,3)41-29(39)35-25-21-23(19-13-9-7-10-14-19)33(17-37)26(35)22-24(20-15-11-8-12-16-20)34(25,18-38)27(21)36(28(22)33)30(40)42-32(4,5)6/h7-16,21-28,37-38H,17-18H2,1-6H3/t21?,22?,23-,24+,25?,26?,27?,28?,33?,34?. The second kappa shape index (κ2) is 8.73. The summed E-state index contributed by atoms with van der Waals surface area (Å²) in [5.74, 6) is -0.629. The van der Waals surface area contributed by atoms with Gasteiger partial charge in [0.15, 0.2) is 0 Å². The number of carbonyl (C=O) groups excluding carboxylic acids is 2. The first-order valence-corrected chi connectivity index (χ1v) is 15.2. The molecule has 2 aromatic rings. The first kappa shape index (κ1) is 27.7. The molecule has 8 heteroatoms. The lowest BCUT2D eigenvalue weighted by atomic mass is 9.23. The number of amides is 2. The molecule has 4 unspecified atom stereocenters. The summed E-state index contributed by atoms with van der Waals surface area (Å²) in [6.07, 6.45) is -0.826. The first-order chi connectivity index (χ1) is 19.8. The Balaban J connectivity index is 1.47. The Morgan fingerprint density at radius 1 is 0.643 bits per heavy atom. The Morgan fingerprint density at radius 2 is 0.952 bits per heavy atom. The largest absolute Gasteiger partial charge is 0.444 e. The third-order valence-electron chi connectivity index (χ3n) is 10.9. The van der Waals surface area contributed by atoms with E-state index in [1.54, 1.807) is 0 Å². The predicted octanol–water partition coefficient (Wildman–Crippen LogP) is 4.76. The Bertz CT molecular complexity index is 1270. The lowest BCUT2D eigenvalue weighted by molar-refractivity contribution is -0.408. The highest BCUT2D eigenvalue weighted by Gasteiger charge is 2.93. The van der Waals surface area contributed by atoms with Crippen molar-refractivity contribution in [2.24, 2.45) is 22.7 Å². The third-order valence-corrected chi connectivity index (χ3v) is 10.9. The summed E-state index contributed by atoms with van der Waals surface area (Å²) in [6.45, 7) is 10.8. The van der Waals surface area contributed by atoms with E-state index in [-0.39, 0.29) is 61.1 Å². The molecule has 0 spiro atoms. The molecule has 2 aromatic carbocycles. The van der Waals surface area contributed by atoms with Crippen LogP contribution in [0.25, 0.3) is 0 Å². The van der Waals surface area contributed by atoms with Gasteiger partial charge in [0.2, 0.25) is 0 Å². The Labute approximate surface area is 247 Å². The van der Waals surface area contributed by atoms with E-state index in [1.807, 2.05) is 87.7 Å². The van der Waals surface area contributed by atoms with Crippen LogP contribution in [0.1, 0.15) is 64.5 Å². The van der Waals surface area contributed by atoms with Crippen LogP contribution in [-0.2, 0) is 9.47 Å². The zero-order valence-electron chi connectivity index (χ0n) is 25.2. The van der Waals surface area contributed by atoms with Crippen molar-refractivity contribution in [3.05, 3.63) is 71.8 Å². The number of hydrogen-bond donors (Lipinski definition) is 2. The summed E-state index contributed by atoms with van der Waals surface area (Å²) in [5.41, 5.74) is -0.855. The molecular weight excluding hydrogens is 532 g/mol. The molecule has 6 fully saturated rings. The van der Waals surface area contributed by atoms with E-state index in [0.717, 1.165) is 11.1 Å². The van der Waals surface area contributed by atoms with Crippen LogP contribution in [-0.4, -0.2) is 80.8 Å². The molecule has 8 bridgehead atoms. The van der Waals surface area contributed by atoms with Gasteiger partial charge >= 0.3 is 12.2 Å². The van der Waals surface area contributed by atoms with Gasteiger partial charge in [-0.25, -0.2) is 9.59 Å². The number of ether oxygens (including phenoxy) is 2. The average molecular weight is 575 g/mol. The number of carbonyl (C=O) groups is 2. The second-order valence-corrected chi connectivity index (χ2v) is 15.0. The van der Waals surface area contributed by atoms with Crippen molar-refractivity contribution < 1.29 is 29.3 Å². The molecule has 224 valence electrons. The molecule has 42 heavy (non-hydrogen) atoms. The normalized spacial score (nSPS) is 39.0. The van der Waals surface area contributed by atoms with Crippen molar-refractivity contribution in [3.63, 3.8) is 0 Å². The number of aliphatic hydroxyl groups is 2. The van der Waals surface area contributed by atoms with Gasteiger partial charge in [-0.1, -0.05) is 60.7 Å². The van der Waals surface area contributed by atoms with Gasteiger partial charge in [-0.2, -0.15) is 0 Å². The van der Waals surface area contributed by atoms with E-state index in [4.69, 9.17) is 9.47 Å². The summed E-state index contributed by atoms with van der Waals surface area (Å²) in [5, 5.41) is 23.0. The molecule has 4 heterocycles. The Morgan fingerprint density at radius 3 is 1.21 bits per heavy atom. The molecule has 0 aromatic heterocycles. The van der Waals surface area contributed by atoms with Crippen molar-refractivity contribution in [1.82, 2.24) is 9.80 Å². The van der Waals surface area contributed by atoms with E-state index in [1.165, 1.54) is 0 Å². The van der Waals surface area contributed by atoms with Gasteiger partial charge < -0.3 is 19.7 Å².